The van der Waals surface area contributed by atoms with Gasteiger partial charge in [0.25, 0.3) is 11.6 Å². The van der Waals surface area contributed by atoms with Gasteiger partial charge < -0.3 is 15.2 Å². The van der Waals surface area contributed by atoms with E-state index in [2.05, 4.69) is 5.32 Å². The highest BCUT2D eigenvalue weighted by Gasteiger charge is 2.24. The molecule has 2 N–H and O–H groups in total. The van der Waals surface area contributed by atoms with Crippen LogP contribution < -0.4 is 10.1 Å². The summed E-state index contributed by atoms with van der Waals surface area (Å²) in [6.45, 7) is 3.85. The minimum absolute atomic E-state index is 0.0577. The second-order valence-electron chi connectivity index (χ2n) is 6.25. The number of nitrogens with zero attached hydrogens (tertiary/aromatic N) is 1. The number of carboxylic acid groups (broad SMARTS) is 1. The molecule has 8 nitrogen and oxygen atoms in total. The summed E-state index contributed by atoms with van der Waals surface area (Å²) in [5.74, 6) is -1.90. The van der Waals surface area contributed by atoms with E-state index < -0.39 is 22.7 Å². The van der Waals surface area contributed by atoms with Crippen molar-refractivity contribution in [3.8, 4) is 5.75 Å². The Balaban J connectivity index is 2.08. The summed E-state index contributed by atoms with van der Waals surface area (Å²) in [6, 6.07) is 11.4. The molecule has 0 bridgehead atoms. The van der Waals surface area contributed by atoms with Crippen LogP contribution in [0.5, 0.6) is 5.75 Å². The van der Waals surface area contributed by atoms with Crippen LogP contribution in [0.1, 0.15) is 28.4 Å². The van der Waals surface area contributed by atoms with E-state index in [1.54, 1.807) is 37.3 Å². The van der Waals surface area contributed by atoms with Crippen LogP contribution in [0.2, 0.25) is 0 Å². The number of nitrogens with one attached hydrogen (secondary N) is 1. The van der Waals surface area contributed by atoms with Gasteiger partial charge in [-0.3, -0.25) is 19.7 Å². The van der Waals surface area contributed by atoms with Gasteiger partial charge in [-0.1, -0.05) is 24.3 Å². The van der Waals surface area contributed by atoms with Crippen molar-refractivity contribution in [1.82, 2.24) is 5.32 Å². The number of benzene rings is 2. The average molecular weight is 386 g/mol. The third kappa shape index (κ3) is 5.29. The lowest BCUT2D eigenvalue weighted by Gasteiger charge is -2.15. The zero-order chi connectivity index (χ0) is 20.7. The second-order valence-corrected chi connectivity index (χ2v) is 6.25. The summed E-state index contributed by atoms with van der Waals surface area (Å²) in [5.41, 5.74) is 0.866. The Bertz CT molecular complexity index is 863. The molecule has 0 saturated heterocycles. The number of nitro groups is 1. The molecule has 2 aromatic rings. The van der Waals surface area contributed by atoms with Crippen LogP contribution in [-0.2, 0) is 11.2 Å². The van der Waals surface area contributed by atoms with Crippen molar-refractivity contribution in [1.29, 1.82) is 0 Å². The Hall–Kier alpha value is -3.42. The standard InChI is InChI=1S/C20H22N2O6/c1-3-28-16-9-7-14(8-10-16)11-15(20(24)25)12-21-19(23)18-13(2)5-4-6-17(18)22(26)27/h4-10,15H,3,11-12H2,1-2H3,(H,21,23)(H,24,25). The van der Waals surface area contributed by atoms with Crippen LogP contribution in [0.3, 0.4) is 0 Å². The third-order valence-corrected chi connectivity index (χ3v) is 4.25. The van der Waals surface area contributed by atoms with E-state index in [-0.39, 0.29) is 24.2 Å². The smallest absolute Gasteiger partial charge is 0.308 e. The largest absolute Gasteiger partial charge is 0.494 e. The van der Waals surface area contributed by atoms with E-state index in [1.807, 2.05) is 6.92 Å². The molecular weight excluding hydrogens is 364 g/mol. The van der Waals surface area contributed by atoms with Crippen molar-refractivity contribution in [3.63, 3.8) is 0 Å². The van der Waals surface area contributed by atoms with Crippen LogP contribution in [-0.4, -0.2) is 35.1 Å². The maximum atomic E-state index is 12.5. The zero-order valence-electron chi connectivity index (χ0n) is 15.7. The molecule has 0 saturated carbocycles. The van der Waals surface area contributed by atoms with Gasteiger partial charge >= 0.3 is 5.97 Å². The van der Waals surface area contributed by atoms with Crippen molar-refractivity contribution in [2.45, 2.75) is 20.3 Å². The van der Waals surface area contributed by atoms with E-state index in [4.69, 9.17) is 4.74 Å². The lowest BCUT2D eigenvalue weighted by atomic mass is 9.98. The van der Waals surface area contributed by atoms with Crippen LogP contribution in [0, 0.1) is 23.0 Å². The fourth-order valence-electron chi connectivity index (χ4n) is 2.82. The van der Waals surface area contributed by atoms with E-state index in [0.717, 1.165) is 5.56 Å². The number of ether oxygens (including phenoxy) is 1. The highest BCUT2D eigenvalue weighted by atomic mass is 16.6. The van der Waals surface area contributed by atoms with Crippen molar-refractivity contribution in [2.75, 3.05) is 13.2 Å². The summed E-state index contributed by atoms with van der Waals surface area (Å²) < 4.78 is 5.35. The topological polar surface area (TPSA) is 119 Å². The van der Waals surface area contributed by atoms with E-state index in [9.17, 15) is 24.8 Å². The summed E-state index contributed by atoms with van der Waals surface area (Å²) in [7, 11) is 0. The van der Waals surface area contributed by atoms with Gasteiger partial charge in [-0.2, -0.15) is 0 Å². The predicted molar refractivity (Wildman–Crippen MR) is 103 cm³/mol. The Morgan fingerprint density at radius 2 is 1.89 bits per heavy atom. The predicted octanol–water partition coefficient (Wildman–Crippen LogP) is 2.98. The van der Waals surface area contributed by atoms with Gasteiger partial charge in [0.15, 0.2) is 0 Å². The van der Waals surface area contributed by atoms with Gasteiger partial charge in [-0.05, 0) is 43.5 Å². The fourth-order valence-corrected chi connectivity index (χ4v) is 2.82. The van der Waals surface area contributed by atoms with Gasteiger partial charge in [0.05, 0.1) is 17.4 Å². The maximum absolute atomic E-state index is 12.5. The molecule has 0 aromatic heterocycles. The second kappa shape index (κ2) is 9.50. The molecule has 148 valence electrons. The summed E-state index contributed by atoms with van der Waals surface area (Å²) in [4.78, 5) is 34.6. The molecule has 28 heavy (non-hydrogen) atoms. The van der Waals surface area contributed by atoms with Gasteiger partial charge in [0.2, 0.25) is 0 Å². The molecule has 0 aliphatic rings. The number of carbonyl (C=O) groups excluding carboxylic acids is 1. The zero-order valence-corrected chi connectivity index (χ0v) is 15.7. The highest BCUT2D eigenvalue weighted by molar-refractivity contribution is 5.99. The van der Waals surface area contributed by atoms with Crippen LogP contribution >= 0.6 is 0 Å². The SMILES string of the molecule is CCOc1ccc(CC(CNC(=O)c2c(C)cccc2[N+](=O)[O-])C(=O)O)cc1. The molecule has 1 atom stereocenters. The first kappa shape index (κ1) is 20.9. The molecule has 0 heterocycles. The van der Waals surface area contributed by atoms with E-state index >= 15 is 0 Å². The van der Waals surface area contributed by atoms with Gasteiger partial charge in [-0.15, -0.1) is 0 Å². The Kier molecular flexibility index (Phi) is 7.08. The number of aliphatic carboxylic acids is 1. The first-order valence-electron chi connectivity index (χ1n) is 8.80. The van der Waals surface area contributed by atoms with E-state index in [1.165, 1.54) is 12.1 Å². The molecular formula is C20H22N2O6. The minimum Gasteiger partial charge on any atom is -0.494 e. The van der Waals surface area contributed by atoms with Crippen molar-refractivity contribution >= 4 is 17.6 Å². The minimum atomic E-state index is -1.06. The van der Waals surface area contributed by atoms with E-state index in [0.29, 0.717) is 17.9 Å². The molecule has 1 unspecified atom stereocenters. The van der Waals surface area contributed by atoms with Crippen LogP contribution in [0.25, 0.3) is 0 Å². The number of nitro benzene ring substituents is 1. The normalized spacial score (nSPS) is 11.5. The van der Waals surface area contributed by atoms with Crippen molar-refractivity contribution in [3.05, 3.63) is 69.3 Å². The number of aryl methyl sites for hydroxylation is 1. The molecule has 2 aromatic carbocycles. The molecule has 0 spiro atoms. The number of amides is 1. The van der Waals surface area contributed by atoms with Gasteiger partial charge in [0.1, 0.15) is 11.3 Å². The average Bonchev–Trinajstić information content (AvgIpc) is 2.65. The Morgan fingerprint density at radius 3 is 2.46 bits per heavy atom. The monoisotopic (exact) mass is 386 g/mol. The first-order chi connectivity index (χ1) is 13.3. The molecule has 1 amide bonds. The molecule has 0 radical (unpaired) electrons. The fraction of sp³-hybridized carbons (Fsp3) is 0.300. The lowest BCUT2D eigenvalue weighted by Crippen LogP contribution is -2.34. The lowest BCUT2D eigenvalue weighted by molar-refractivity contribution is -0.385. The summed E-state index contributed by atoms with van der Waals surface area (Å²) in [5, 5.41) is 23.2. The van der Waals surface area contributed by atoms with Crippen LogP contribution in [0.4, 0.5) is 5.69 Å². The summed E-state index contributed by atoms with van der Waals surface area (Å²) in [6.07, 6.45) is 0.206. The molecule has 8 heteroatoms. The third-order valence-electron chi connectivity index (χ3n) is 4.25. The molecule has 0 aliphatic carbocycles. The number of carbonyl (C=O) groups is 2. The van der Waals surface area contributed by atoms with Crippen molar-refractivity contribution < 1.29 is 24.4 Å². The Labute approximate surface area is 162 Å². The van der Waals surface area contributed by atoms with Crippen LogP contribution in [0.15, 0.2) is 42.5 Å². The number of carboxylic acids is 1. The first-order valence-corrected chi connectivity index (χ1v) is 8.80. The van der Waals surface area contributed by atoms with Gasteiger partial charge in [0, 0.05) is 12.6 Å². The molecule has 0 aliphatic heterocycles. The number of hydrogen-bond donors (Lipinski definition) is 2. The maximum Gasteiger partial charge on any atom is 0.308 e. The summed E-state index contributed by atoms with van der Waals surface area (Å²) >= 11 is 0. The van der Waals surface area contributed by atoms with Crippen molar-refractivity contribution in [2.24, 2.45) is 5.92 Å². The number of hydrogen-bond acceptors (Lipinski definition) is 5. The Morgan fingerprint density at radius 1 is 1.21 bits per heavy atom. The highest BCUT2D eigenvalue weighted by Crippen LogP contribution is 2.22. The quantitative estimate of drug-likeness (QED) is 0.505. The number of rotatable bonds is 9. The molecule has 2 rings (SSSR count). The molecule has 0 fully saturated rings. The van der Waals surface area contributed by atoms with Gasteiger partial charge in [-0.25, -0.2) is 0 Å².